The predicted molar refractivity (Wildman–Crippen MR) is 70.4 cm³/mol. The molecule has 1 aromatic rings. The zero-order valence-electron chi connectivity index (χ0n) is 10.7. The smallest absolute Gasteiger partial charge is 0.162 e. The molecule has 2 heterocycles. The zero-order valence-corrected chi connectivity index (χ0v) is 11.5. The summed E-state index contributed by atoms with van der Waals surface area (Å²) in [5.41, 5.74) is -0.720. The molecular formula is C14H16F2O2S. The van der Waals surface area contributed by atoms with Crippen LogP contribution in [0.3, 0.4) is 0 Å². The van der Waals surface area contributed by atoms with E-state index in [4.69, 9.17) is 4.74 Å². The van der Waals surface area contributed by atoms with Gasteiger partial charge < -0.3 is 9.84 Å². The van der Waals surface area contributed by atoms with Crippen molar-refractivity contribution in [3.63, 3.8) is 0 Å². The van der Waals surface area contributed by atoms with E-state index >= 15 is 0 Å². The van der Waals surface area contributed by atoms with E-state index in [1.165, 1.54) is 7.11 Å². The third-order valence-electron chi connectivity index (χ3n) is 4.07. The van der Waals surface area contributed by atoms with Crippen LogP contribution in [0.4, 0.5) is 8.78 Å². The van der Waals surface area contributed by atoms with E-state index in [1.54, 1.807) is 0 Å². The van der Waals surface area contributed by atoms with Gasteiger partial charge in [0.1, 0.15) is 5.75 Å². The topological polar surface area (TPSA) is 29.5 Å². The maximum absolute atomic E-state index is 13.5. The summed E-state index contributed by atoms with van der Waals surface area (Å²) in [6, 6.07) is 2.11. The second-order valence-corrected chi connectivity index (χ2v) is 6.97. The fourth-order valence-electron chi connectivity index (χ4n) is 3.20. The maximum atomic E-state index is 13.5. The van der Waals surface area contributed by atoms with Gasteiger partial charge in [0, 0.05) is 22.1 Å². The Morgan fingerprint density at radius 2 is 1.79 bits per heavy atom. The summed E-state index contributed by atoms with van der Waals surface area (Å²) in [7, 11) is 1.41. The lowest BCUT2D eigenvalue weighted by Gasteiger charge is -2.37. The molecule has 2 saturated heterocycles. The Morgan fingerprint density at radius 1 is 1.21 bits per heavy atom. The number of fused-ring (bicyclic) bond motifs is 2. The molecule has 2 aliphatic rings. The van der Waals surface area contributed by atoms with Crippen molar-refractivity contribution in [3.8, 4) is 5.75 Å². The van der Waals surface area contributed by atoms with E-state index in [1.807, 2.05) is 11.8 Å². The van der Waals surface area contributed by atoms with Crippen molar-refractivity contribution in [2.45, 2.75) is 41.8 Å². The summed E-state index contributed by atoms with van der Waals surface area (Å²) in [6.45, 7) is 0. The average molecular weight is 286 g/mol. The molecule has 2 fully saturated rings. The molecule has 0 amide bonds. The minimum Gasteiger partial charge on any atom is -0.496 e. The Labute approximate surface area is 115 Å². The molecular weight excluding hydrogens is 270 g/mol. The number of halogens is 2. The third-order valence-corrected chi connectivity index (χ3v) is 5.64. The first-order valence-corrected chi connectivity index (χ1v) is 7.37. The van der Waals surface area contributed by atoms with Crippen LogP contribution in [-0.2, 0) is 5.60 Å². The van der Waals surface area contributed by atoms with Crippen molar-refractivity contribution in [2.24, 2.45) is 0 Å². The molecule has 104 valence electrons. The summed E-state index contributed by atoms with van der Waals surface area (Å²) < 4.78 is 31.9. The normalized spacial score (nSPS) is 33.5. The zero-order chi connectivity index (χ0) is 13.6. The van der Waals surface area contributed by atoms with Gasteiger partial charge >= 0.3 is 0 Å². The first kappa shape index (κ1) is 13.2. The molecule has 0 aromatic heterocycles. The Bertz CT molecular complexity index is 494. The second kappa shape index (κ2) is 4.63. The highest BCUT2D eigenvalue weighted by atomic mass is 32.2. The Hall–Kier alpha value is -0.810. The van der Waals surface area contributed by atoms with Crippen LogP contribution in [-0.4, -0.2) is 22.7 Å². The van der Waals surface area contributed by atoms with Crippen LogP contribution in [0.25, 0.3) is 0 Å². The number of aliphatic hydroxyl groups is 1. The predicted octanol–water partition coefficient (Wildman–Crippen LogP) is 3.22. The van der Waals surface area contributed by atoms with E-state index in [0.717, 1.165) is 25.0 Å². The maximum Gasteiger partial charge on any atom is 0.162 e. The van der Waals surface area contributed by atoms with Crippen LogP contribution in [0, 0.1) is 11.6 Å². The van der Waals surface area contributed by atoms with Crippen LogP contribution >= 0.6 is 11.8 Å². The number of hydrogen-bond acceptors (Lipinski definition) is 3. The van der Waals surface area contributed by atoms with Gasteiger partial charge in [0.05, 0.1) is 12.7 Å². The number of thioether (sulfide) groups is 1. The van der Waals surface area contributed by atoms with Crippen LogP contribution in [0.1, 0.15) is 31.2 Å². The number of ether oxygens (including phenoxy) is 1. The van der Waals surface area contributed by atoms with Gasteiger partial charge in [-0.05, 0) is 31.7 Å². The van der Waals surface area contributed by atoms with Crippen molar-refractivity contribution in [1.82, 2.24) is 0 Å². The van der Waals surface area contributed by atoms with Gasteiger partial charge in [0.15, 0.2) is 11.6 Å². The van der Waals surface area contributed by atoms with Gasteiger partial charge in [0.2, 0.25) is 0 Å². The van der Waals surface area contributed by atoms with E-state index < -0.39 is 17.2 Å². The van der Waals surface area contributed by atoms with Gasteiger partial charge in [-0.25, -0.2) is 8.78 Å². The number of methoxy groups -OCH3 is 1. The lowest BCUT2D eigenvalue weighted by molar-refractivity contribution is 0.0170. The summed E-state index contributed by atoms with van der Waals surface area (Å²) >= 11 is 1.90. The minimum absolute atomic E-state index is 0.229. The SMILES string of the molecule is COc1cc(F)c(F)cc1C1(O)CC2CCC(C1)S2. The van der Waals surface area contributed by atoms with Crippen LogP contribution in [0.15, 0.2) is 12.1 Å². The summed E-state index contributed by atoms with van der Waals surface area (Å²) in [5.74, 6) is -1.65. The Balaban J connectivity index is 2.03. The first-order valence-electron chi connectivity index (χ1n) is 6.43. The molecule has 0 spiro atoms. The molecule has 3 rings (SSSR count). The second-order valence-electron chi connectivity index (χ2n) is 5.36. The Morgan fingerprint density at radius 3 is 2.37 bits per heavy atom. The van der Waals surface area contributed by atoms with Gasteiger partial charge in [-0.1, -0.05) is 0 Å². The van der Waals surface area contributed by atoms with E-state index in [2.05, 4.69) is 0 Å². The van der Waals surface area contributed by atoms with Gasteiger partial charge in [-0.15, -0.1) is 0 Å². The lowest BCUT2D eigenvalue weighted by atomic mass is 9.85. The quantitative estimate of drug-likeness (QED) is 0.905. The molecule has 2 nitrogen and oxygen atoms in total. The fraction of sp³-hybridized carbons (Fsp3) is 0.571. The average Bonchev–Trinajstić information content (AvgIpc) is 2.72. The summed E-state index contributed by atoms with van der Waals surface area (Å²) in [6.07, 6.45) is 3.33. The number of hydrogen-bond donors (Lipinski definition) is 1. The standard InChI is InChI=1S/C14H16F2O2S/c1-18-13-5-12(16)11(15)4-10(13)14(17)6-8-2-3-9(7-14)19-8/h4-5,8-9,17H,2-3,6-7H2,1H3. The fourth-order valence-corrected chi connectivity index (χ4v) is 5.03. The van der Waals surface area contributed by atoms with Crippen LogP contribution in [0.2, 0.25) is 0 Å². The van der Waals surface area contributed by atoms with Crippen molar-refractivity contribution in [1.29, 1.82) is 0 Å². The molecule has 2 unspecified atom stereocenters. The monoisotopic (exact) mass is 286 g/mol. The van der Waals surface area contributed by atoms with Crippen molar-refractivity contribution in [3.05, 3.63) is 29.3 Å². The molecule has 5 heteroatoms. The molecule has 19 heavy (non-hydrogen) atoms. The number of benzene rings is 1. The molecule has 1 N–H and O–H groups in total. The molecule has 0 saturated carbocycles. The van der Waals surface area contributed by atoms with E-state index in [9.17, 15) is 13.9 Å². The van der Waals surface area contributed by atoms with Crippen molar-refractivity contribution < 1.29 is 18.6 Å². The summed E-state index contributed by atoms with van der Waals surface area (Å²) in [4.78, 5) is 0. The molecule has 0 aliphatic carbocycles. The van der Waals surface area contributed by atoms with E-state index in [0.29, 0.717) is 28.9 Å². The van der Waals surface area contributed by atoms with Gasteiger partial charge in [-0.3, -0.25) is 0 Å². The third kappa shape index (κ3) is 2.23. The first-order chi connectivity index (χ1) is 9.01. The molecule has 2 atom stereocenters. The van der Waals surface area contributed by atoms with Crippen molar-refractivity contribution >= 4 is 11.8 Å². The van der Waals surface area contributed by atoms with Crippen LogP contribution in [0.5, 0.6) is 5.75 Å². The van der Waals surface area contributed by atoms with Gasteiger partial charge in [0.25, 0.3) is 0 Å². The molecule has 2 bridgehead atoms. The highest BCUT2D eigenvalue weighted by Crippen LogP contribution is 2.52. The highest BCUT2D eigenvalue weighted by molar-refractivity contribution is 8.00. The van der Waals surface area contributed by atoms with Gasteiger partial charge in [-0.2, -0.15) is 11.8 Å². The molecule has 1 aromatic carbocycles. The summed E-state index contributed by atoms with van der Waals surface area (Å²) in [5, 5.41) is 11.7. The van der Waals surface area contributed by atoms with Crippen molar-refractivity contribution in [2.75, 3.05) is 7.11 Å². The largest absolute Gasteiger partial charge is 0.496 e. The Kier molecular flexibility index (Phi) is 3.21. The lowest BCUT2D eigenvalue weighted by Crippen LogP contribution is -2.35. The van der Waals surface area contributed by atoms with Crippen LogP contribution < -0.4 is 4.74 Å². The minimum atomic E-state index is -1.10. The van der Waals surface area contributed by atoms with E-state index in [-0.39, 0.29) is 5.75 Å². The molecule has 0 radical (unpaired) electrons. The number of rotatable bonds is 2. The molecule has 2 aliphatic heterocycles. The highest BCUT2D eigenvalue weighted by Gasteiger charge is 2.45.